The lowest BCUT2D eigenvalue weighted by Gasteiger charge is -2.28. The highest BCUT2D eigenvalue weighted by Crippen LogP contribution is 2.35. The molecule has 182 valence electrons. The molecule has 1 aliphatic rings. The Morgan fingerprint density at radius 2 is 1.83 bits per heavy atom. The number of ether oxygens (including phenoxy) is 1. The van der Waals surface area contributed by atoms with E-state index in [0.29, 0.717) is 27.7 Å². The second-order valence-corrected chi connectivity index (χ2v) is 10.6. The molecule has 0 N–H and O–H groups in total. The number of aromatic nitrogens is 1. The maximum atomic E-state index is 12.7. The van der Waals surface area contributed by atoms with Gasteiger partial charge in [-0.1, -0.05) is 47.5 Å². The predicted octanol–water partition coefficient (Wildman–Crippen LogP) is 6.26. The molecule has 0 radical (unpaired) electrons. The molecule has 1 amide bonds. The number of hydrogen-bond donors (Lipinski definition) is 0. The van der Waals surface area contributed by atoms with Gasteiger partial charge in [0, 0.05) is 17.1 Å². The van der Waals surface area contributed by atoms with Crippen LogP contribution in [0.5, 0.6) is 0 Å². The maximum Gasteiger partial charge on any atom is 0.296 e. The zero-order valence-electron chi connectivity index (χ0n) is 18.6. The van der Waals surface area contributed by atoms with E-state index >= 15 is 0 Å². The quantitative estimate of drug-likeness (QED) is 0.284. The Balaban J connectivity index is 1.41. The molecule has 0 saturated carbocycles. The van der Waals surface area contributed by atoms with Gasteiger partial charge in [0.05, 0.1) is 45.8 Å². The predicted molar refractivity (Wildman–Crippen MR) is 140 cm³/mol. The fourth-order valence-electron chi connectivity index (χ4n) is 3.88. The molecular formula is C25H18Cl2N4O4S. The lowest BCUT2D eigenvalue weighted by atomic mass is 10.0. The molecular weight excluding hydrogens is 523 g/mol. The first kappa shape index (κ1) is 24.3. The van der Waals surface area contributed by atoms with Gasteiger partial charge in [-0.3, -0.25) is 14.1 Å². The van der Waals surface area contributed by atoms with Crippen LogP contribution in [0.2, 0.25) is 10.0 Å². The van der Waals surface area contributed by atoms with Crippen molar-refractivity contribution in [3.63, 3.8) is 0 Å². The fraction of sp³-hybridized carbons (Fsp3) is 0.120. The zero-order chi connectivity index (χ0) is 25.3. The van der Waals surface area contributed by atoms with Gasteiger partial charge in [0.15, 0.2) is 5.94 Å². The van der Waals surface area contributed by atoms with Gasteiger partial charge in [0.25, 0.3) is 15.9 Å². The SMILES string of the molecule is O=C(N=Nc1ccc(Cl)c(-c2nccc3ccccc23)c1)c1ccc(N2CCOCS2(=O)=O)cc1Cl. The molecule has 1 fully saturated rings. The molecule has 0 aliphatic carbocycles. The number of halogens is 2. The molecule has 1 aromatic heterocycles. The van der Waals surface area contributed by atoms with Crippen molar-refractivity contribution in [2.75, 3.05) is 23.4 Å². The fourth-order valence-corrected chi connectivity index (χ4v) is 5.59. The monoisotopic (exact) mass is 540 g/mol. The van der Waals surface area contributed by atoms with Gasteiger partial charge in [0.2, 0.25) is 0 Å². The van der Waals surface area contributed by atoms with Crippen LogP contribution < -0.4 is 4.31 Å². The van der Waals surface area contributed by atoms with Crippen molar-refractivity contribution in [3.8, 4) is 11.3 Å². The molecule has 5 rings (SSSR count). The van der Waals surface area contributed by atoms with Crippen LogP contribution in [0, 0.1) is 0 Å². The topological polar surface area (TPSA) is 101 Å². The third kappa shape index (κ3) is 4.83. The van der Waals surface area contributed by atoms with Crippen LogP contribution >= 0.6 is 23.2 Å². The number of carbonyl (C=O) groups excluding carboxylic acids is 1. The van der Waals surface area contributed by atoms with E-state index in [-0.39, 0.29) is 23.7 Å². The Kier molecular flexibility index (Phi) is 6.72. The Morgan fingerprint density at radius 3 is 2.64 bits per heavy atom. The van der Waals surface area contributed by atoms with Crippen LogP contribution in [0.15, 0.2) is 83.2 Å². The summed E-state index contributed by atoms with van der Waals surface area (Å²) in [5, 5.41) is 10.4. The first-order valence-electron chi connectivity index (χ1n) is 10.8. The summed E-state index contributed by atoms with van der Waals surface area (Å²) in [4.78, 5) is 17.2. The number of pyridine rings is 1. The Morgan fingerprint density at radius 1 is 1.00 bits per heavy atom. The number of rotatable bonds is 4. The number of amides is 1. The average molecular weight is 541 g/mol. The Labute approximate surface area is 217 Å². The van der Waals surface area contributed by atoms with Gasteiger partial charge in [-0.2, -0.15) is 0 Å². The first-order chi connectivity index (χ1) is 17.3. The molecule has 8 nitrogen and oxygen atoms in total. The van der Waals surface area contributed by atoms with Gasteiger partial charge < -0.3 is 4.74 Å². The number of carbonyl (C=O) groups is 1. The lowest BCUT2D eigenvalue weighted by molar-refractivity contribution is 0.0995. The molecule has 0 atom stereocenters. The van der Waals surface area contributed by atoms with Crippen LogP contribution in [0.4, 0.5) is 11.4 Å². The number of sulfonamides is 1. The van der Waals surface area contributed by atoms with Crippen molar-refractivity contribution in [3.05, 3.63) is 88.5 Å². The third-order valence-electron chi connectivity index (χ3n) is 5.61. The molecule has 3 aromatic carbocycles. The zero-order valence-corrected chi connectivity index (χ0v) is 21.0. The standard InChI is InChI=1S/C25H18Cl2N4O4S/c26-22-8-5-17(13-21(22)24-19-4-2-1-3-16(19)9-10-28-24)29-30-25(32)20-7-6-18(14-23(20)27)31-11-12-35-15-36(31,33)34/h1-10,13-14H,11-12,15H2. The number of nitrogens with zero attached hydrogens (tertiary/aromatic N) is 4. The maximum absolute atomic E-state index is 12.7. The van der Waals surface area contributed by atoms with Gasteiger partial charge >= 0.3 is 0 Å². The van der Waals surface area contributed by atoms with Crippen LogP contribution in [0.1, 0.15) is 10.4 Å². The smallest absolute Gasteiger partial charge is 0.296 e. The highest BCUT2D eigenvalue weighted by atomic mass is 35.5. The highest BCUT2D eigenvalue weighted by Gasteiger charge is 2.27. The molecule has 0 unspecified atom stereocenters. The number of azo groups is 1. The van der Waals surface area contributed by atoms with Crippen molar-refractivity contribution >= 4 is 61.3 Å². The van der Waals surface area contributed by atoms with Gasteiger partial charge in [-0.15, -0.1) is 10.2 Å². The van der Waals surface area contributed by atoms with Crippen molar-refractivity contribution in [2.24, 2.45) is 10.2 Å². The minimum Gasteiger partial charge on any atom is -0.362 e. The van der Waals surface area contributed by atoms with E-state index in [9.17, 15) is 13.2 Å². The number of hydrogen-bond acceptors (Lipinski definition) is 6. The summed E-state index contributed by atoms with van der Waals surface area (Å²) in [6, 6.07) is 19.1. The van der Waals surface area contributed by atoms with E-state index in [0.717, 1.165) is 10.8 Å². The van der Waals surface area contributed by atoms with Crippen LogP contribution in [-0.4, -0.2) is 38.4 Å². The molecule has 2 heterocycles. The summed E-state index contributed by atoms with van der Waals surface area (Å²) in [5.41, 5.74) is 2.20. The summed E-state index contributed by atoms with van der Waals surface area (Å²) in [7, 11) is -3.61. The van der Waals surface area contributed by atoms with E-state index in [1.54, 1.807) is 24.4 Å². The largest absolute Gasteiger partial charge is 0.362 e. The van der Waals surface area contributed by atoms with Gasteiger partial charge in [-0.25, -0.2) is 8.42 Å². The first-order valence-corrected chi connectivity index (χ1v) is 13.2. The Bertz CT molecular complexity index is 1620. The van der Waals surface area contributed by atoms with E-state index in [2.05, 4.69) is 15.2 Å². The summed E-state index contributed by atoms with van der Waals surface area (Å²) in [5.74, 6) is -1.08. The second-order valence-electron chi connectivity index (χ2n) is 7.92. The van der Waals surface area contributed by atoms with E-state index in [4.69, 9.17) is 27.9 Å². The highest BCUT2D eigenvalue weighted by molar-refractivity contribution is 7.92. The van der Waals surface area contributed by atoms with E-state index in [1.165, 1.54) is 22.5 Å². The van der Waals surface area contributed by atoms with Gasteiger partial charge in [0.1, 0.15) is 0 Å². The normalized spacial score (nSPS) is 15.4. The lowest BCUT2D eigenvalue weighted by Crippen LogP contribution is -2.41. The van der Waals surface area contributed by atoms with Gasteiger partial charge in [-0.05, 0) is 47.9 Å². The minimum atomic E-state index is -3.61. The van der Waals surface area contributed by atoms with Crippen molar-refractivity contribution < 1.29 is 17.9 Å². The van der Waals surface area contributed by atoms with Crippen molar-refractivity contribution in [2.45, 2.75) is 0 Å². The van der Waals surface area contributed by atoms with Crippen LogP contribution in [0.25, 0.3) is 22.0 Å². The molecule has 0 bridgehead atoms. The average Bonchev–Trinajstić information content (AvgIpc) is 2.87. The number of fused-ring (bicyclic) bond motifs is 1. The molecule has 0 spiro atoms. The molecule has 11 heteroatoms. The summed E-state index contributed by atoms with van der Waals surface area (Å²) in [6.07, 6.45) is 1.71. The van der Waals surface area contributed by atoms with E-state index < -0.39 is 21.9 Å². The van der Waals surface area contributed by atoms with E-state index in [1.807, 2.05) is 30.3 Å². The number of benzene rings is 3. The molecule has 1 aliphatic heterocycles. The summed E-state index contributed by atoms with van der Waals surface area (Å²) >= 11 is 12.8. The molecule has 36 heavy (non-hydrogen) atoms. The van der Waals surface area contributed by atoms with Crippen LogP contribution in [-0.2, 0) is 14.8 Å². The molecule has 4 aromatic rings. The Hall–Kier alpha value is -3.37. The molecule has 1 saturated heterocycles. The minimum absolute atomic E-state index is 0.0647. The third-order valence-corrected chi connectivity index (χ3v) is 7.78. The van der Waals surface area contributed by atoms with Crippen molar-refractivity contribution in [1.29, 1.82) is 0 Å². The summed E-state index contributed by atoms with van der Waals surface area (Å²) < 4.78 is 30.7. The van der Waals surface area contributed by atoms with Crippen molar-refractivity contribution in [1.82, 2.24) is 4.98 Å². The summed E-state index contributed by atoms with van der Waals surface area (Å²) in [6.45, 7) is 0.430. The number of anilines is 1. The second kappa shape index (κ2) is 9.94. The van der Waals surface area contributed by atoms with Crippen LogP contribution in [0.3, 0.4) is 0 Å².